The van der Waals surface area contributed by atoms with Crippen LogP contribution in [0.1, 0.15) is 32.0 Å². The Labute approximate surface area is 212 Å². The van der Waals surface area contributed by atoms with Gasteiger partial charge in [-0.15, -0.1) is 0 Å². The Bertz CT molecular complexity index is 1410. The minimum Gasteiger partial charge on any atom is -0.490 e. The van der Waals surface area contributed by atoms with Crippen LogP contribution < -0.4 is 10.1 Å². The molecule has 7 nitrogen and oxygen atoms in total. The highest BCUT2D eigenvalue weighted by Gasteiger charge is 2.23. The normalized spacial score (nSPS) is 12.4. The Balaban J connectivity index is 1.54. The number of hydrogen-bond acceptors (Lipinski definition) is 5. The summed E-state index contributed by atoms with van der Waals surface area (Å²) in [5.74, 6) is -2.75. The maximum atomic E-state index is 14.3. The summed E-state index contributed by atoms with van der Waals surface area (Å²) in [5, 5.41) is 10.8. The number of carbonyl (C=O) groups is 1. The number of nitrogens with one attached hydrogen (secondary N) is 2. The molecule has 0 saturated heterocycles. The van der Waals surface area contributed by atoms with Gasteiger partial charge in [-0.2, -0.15) is 5.10 Å². The van der Waals surface area contributed by atoms with Gasteiger partial charge >= 0.3 is 6.09 Å². The molecule has 10 heteroatoms. The molecule has 0 aliphatic heterocycles. The van der Waals surface area contributed by atoms with Gasteiger partial charge in [-0.05, 0) is 51.5 Å². The maximum Gasteiger partial charge on any atom is 0.408 e. The van der Waals surface area contributed by atoms with Crippen molar-refractivity contribution < 1.29 is 27.4 Å². The number of aryl methyl sites for hydroxylation is 1. The van der Waals surface area contributed by atoms with Crippen molar-refractivity contribution in [3.63, 3.8) is 0 Å². The second-order valence-corrected chi connectivity index (χ2v) is 9.70. The van der Waals surface area contributed by atoms with E-state index in [1.54, 1.807) is 33.0 Å². The number of ether oxygens (including phenoxy) is 2. The van der Waals surface area contributed by atoms with Crippen molar-refractivity contribution in [2.24, 2.45) is 0 Å². The highest BCUT2D eigenvalue weighted by Crippen LogP contribution is 2.27. The van der Waals surface area contributed by atoms with Crippen LogP contribution in [0.4, 0.5) is 18.0 Å². The Kier molecular flexibility index (Phi) is 7.37. The third kappa shape index (κ3) is 6.58. The van der Waals surface area contributed by atoms with Crippen molar-refractivity contribution in [3.8, 4) is 16.9 Å². The molecule has 0 fully saturated rings. The van der Waals surface area contributed by atoms with Gasteiger partial charge in [-0.25, -0.2) is 18.0 Å². The molecule has 0 aliphatic rings. The Morgan fingerprint density at radius 1 is 1.05 bits per heavy atom. The zero-order valence-corrected chi connectivity index (χ0v) is 20.9. The van der Waals surface area contributed by atoms with Crippen molar-refractivity contribution in [1.29, 1.82) is 0 Å². The van der Waals surface area contributed by atoms with Gasteiger partial charge in [0.25, 0.3) is 0 Å². The average molecular weight is 513 g/mol. The molecular formula is C27H27F3N4O3. The number of benzene rings is 2. The zero-order chi connectivity index (χ0) is 26.7. The first-order valence-corrected chi connectivity index (χ1v) is 11.6. The van der Waals surface area contributed by atoms with E-state index >= 15 is 0 Å². The molecule has 2 N–H and O–H groups in total. The summed E-state index contributed by atoms with van der Waals surface area (Å²) in [6, 6.07) is 7.86. The molecule has 1 atom stereocenters. The second kappa shape index (κ2) is 10.5. The van der Waals surface area contributed by atoms with Crippen LogP contribution in [0, 0.1) is 24.4 Å². The van der Waals surface area contributed by atoms with Gasteiger partial charge in [0, 0.05) is 47.0 Å². The van der Waals surface area contributed by atoms with Gasteiger partial charge in [0.05, 0.1) is 17.8 Å². The number of amides is 1. The predicted molar refractivity (Wildman–Crippen MR) is 133 cm³/mol. The molecule has 2 heterocycles. The highest BCUT2D eigenvalue weighted by atomic mass is 19.1. The lowest BCUT2D eigenvalue weighted by Gasteiger charge is -2.24. The van der Waals surface area contributed by atoms with Crippen LogP contribution >= 0.6 is 0 Å². The number of halogens is 3. The molecule has 1 amide bonds. The fraction of sp³-hybridized carbons (Fsp3) is 0.296. The number of alkyl carbamates (subject to hydrolysis) is 1. The number of aromatic nitrogens is 3. The molecule has 37 heavy (non-hydrogen) atoms. The molecule has 4 rings (SSSR count). The van der Waals surface area contributed by atoms with Crippen LogP contribution in [-0.4, -0.2) is 39.5 Å². The number of fused-ring (bicyclic) bond motifs is 1. The smallest absolute Gasteiger partial charge is 0.408 e. The van der Waals surface area contributed by atoms with E-state index < -0.39 is 35.2 Å². The lowest BCUT2D eigenvalue weighted by molar-refractivity contribution is 0.0487. The van der Waals surface area contributed by atoms with E-state index in [0.717, 1.165) is 27.7 Å². The van der Waals surface area contributed by atoms with Crippen molar-refractivity contribution in [2.75, 3.05) is 6.61 Å². The Morgan fingerprint density at radius 2 is 1.78 bits per heavy atom. The van der Waals surface area contributed by atoms with E-state index in [-0.39, 0.29) is 18.6 Å². The van der Waals surface area contributed by atoms with Crippen LogP contribution in [-0.2, 0) is 11.2 Å². The van der Waals surface area contributed by atoms with E-state index in [2.05, 4.69) is 20.5 Å². The molecule has 2 aromatic carbocycles. The number of rotatable bonds is 7. The third-order valence-electron chi connectivity index (χ3n) is 5.52. The van der Waals surface area contributed by atoms with Crippen molar-refractivity contribution >= 4 is 17.0 Å². The lowest BCUT2D eigenvalue weighted by atomic mass is 10.0. The summed E-state index contributed by atoms with van der Waals surface area (Å²) >= 11 is 0. The Morgan fingerprint density at radius 3 is 2.49 bits per heavy atom. The minimum atomic E-state index is -1.05. The summed E-state index contributed by atoms with van der Waals surface area (Å²) < 4.78 is 53.2. The predicted octanol–water partition coefficient (Wildman–Crippen LogP) is 5.87. The van der Waals surface area contributed by atoms with Gasteiger partial charge in [0.2, 0.25) is 0 Å². The number of H-pyrrole nitrogens is 1. The van der Waals surface area contributed by atoms with E-state index in [9.17, 15) is 18.0 Å². The van der Waals surface area contributed by atoms with E-state index in [4.69, 9.17) is 9.47 Å². The quantitative estimate of drug-likeness (QED) is 0.324. The number of pyridine rings is 1. The summed E-state index contributed by atoms with van der Waals surface area (Å²) in [4.78, 5) is 16.6. The van der Waals surface area contributed by atoms with Gasteiger partial charge in [0.1, 0.15) is 35.4 Å². The molecule has 194 valence electrons. The van der Waals surface area contributed by atoms with Gasteiger partial charge in [0.15, 0.2) is 0 Å². The fourth-order valence-electron chi connectivity index (χ4n) is 3.81. The molecule has 4 aromatic rings. The average Bonchev–Trinajstić information content (AvgIpc) is 3.18. The summed E-state index contributed by atoms with van der Waals surface area (Å²) in [5.41, 5.74) is 2.31. The SMILES string of the molecule is Cc1[nH]nc2ccc(-c3cncc(OC[C@H](Cc4c(F)cc(F)cc4F)NC(=O)OC(C)(C)C)c3)cc12. The highest BCUT2D eigenvalue weighted by molar-refractivity contribution is 5.86. The molecular weight excluding hydrogens is 485 g/mol. The summed E-state index contributed by atoms with van der Waals surface area (Å²) in [6.45, 7) is 6.85. The molecule has 2 aromatic heterocycles. The van der Waals surface area contributed by atoms with Gasteiger partial charge in [-0.1, -0.05) is 6.07 Å². The van der Waals surface area contributed by atoms with Crippen LogP contribution in [0.3, 0.4) is 0 Å². The maximum absolute atomic E-state index is 14.3. The first-order chi connectivity index (χ1) is 17.5. The summed E-state index contributed by atoms with van der Waals surface area (Å²) in [6.07, 6.45) is 2.11. The van der Waals surface area contributed by atoms with Crippen LogP contribution in [0.2, 0.25) is 0 Å². The van der Waals surface area contributed by atoms with Crippen molar-refractivity contribution in [3.05, 3.63) is 77.5 Å². The van der Waals surface area contributed by atoms with E-state index in [0.29, 0.717) is 17.9 Å². The van der Waals surface area contributed by atoms with Crippen LogP contribution in [0.15, 0.2) is 48.8 Å². The van der Waals surface area contributed by atoms with E-state index in [1.807, 2.05) is 25.1 Å². The van der Waals surface area contributed by atoms with Crippen molar-refractivity contribution in [2.45, 2.75) is 45.8 Å². The molecule has 0 spiro atoms. The first kappa shape index (κ1) is 26.0. The minimum absolute atomic E-state index is 0.152. The number of hydrogen-bond donors (Lipinski definition) is 2. The fourth-order valence-corrected chi connectivity index (χ4v) is 3.81. The number of nitrogens with zero attached hydrogens (tertiary/aromatic N) is 2. The van der Waals surface area contributed by atoms with E-state index in [1.165, 1.54) is 6.20 Å². The number of aromatic amines is 1. The van der Waals surface area contributed by atoms with Gasteiger partial charge in [-0.3, -0.25) is 10.1 Å². The van der Waals surface area contributed by atoms with Crippen LogP contribution in [0.5, 0.6) is 5.75 Å². The largest absolute Gasteiger partial charge is 0.490 e. The standard InChI is InChI=1S/C27H27F3N4O3/c1-15-21-8-16(5-6-25(21)34-33-15)17-7-20(13-31-12-17)36-14-19(32-26(35)37-27(2,3)4)11-22-23(29)9-18(28)10-24(22)30/h5-10,12-13,19H,11,14H2,1-4H3,(H,32,35)(H,33,34)/t19-/m0/s1. The molecule has 0 saturated carbocycles. The third-order valence-corrected chi connectivity index (χ3v) is 5.52. The van der Waals surface area contributed by atoms with Gasteiger partial charge < -0.3 is 14.8 Å². The zero-order valence-electron chi connectivity index (χ0n) is 20.9. The molecule has 0 bridgehead atoms. The monoisotopic (exact) mass is 512 g/mol. The topological polar surface area (TPSA) is 89.1 Å². The van der Waals surface area contributed by atoms with Crippen molar-refractivity contribution in [1.82, 2.24) is 20.5 Å². The Hall–Kier alpha value is -4.08. The lowest BCUT2D eigenvalue weighted by Crippen LogP contribution is -2.43. The van der Waals surface area contributed by atoms with Crippen LogP contribution in [0.25, 0.3) is 22.0 Å². The summed E-state index contributed by atoms with van der Waals surface area (Å²) in [7, 11) is 0. The first-order valence-electron chi connectivity index (χ1n) is 11.6. The molecule has 0 unspecified atom stereocenters. The number of carbonyl (C=O) groups excluding carboxylic acids is 1. The molecule has 0 radical (unpaired) electrons. The second-order valence-electron chi connectivity index (χ2n) is 9.70. The molecule has 0 aliphatic carbocycles.